The largest absolute Gasteiger partial charge is 0.353 e. The Morgan fingerprint density at radius 3 is 2.50 bits per heavy atom. The Kier molecular flexibility index (Phi) is 4.78. The molecule has 0 aromatic rings. The normalized spacial score (nSPS) is 34.2. The Labute approximate surface area is 99.2 Å². The molecule has 16 heavy (non-hydrogen) atoms. The molecule has 0 heterocycles. The van der Waals surface area contributed by atoms with Gasteiger partial charge < -0.3 is 11.1 Å². The van der Waals surface area contributed by atoms with Gasteiger partial charge in [-0.05, 0) is 25.2 Å². The van der Waals surface area contributed by atoms with Crippen molar-refractivity contribution >= 4 is 5.91 Å². The van der Waals surface area contributed by atoms with Gasteiger partial charge >= 0.3 is 0 Å². The van der Waals surface area contributed by atoms with E-state index in [-0.39, 0.29) is 17.9 Å². The highest BCUT2D eigenvalue weighted by Gasteiger charge is 2.29. The highest BCUT2D eigenvalue weighted by atomic mass is 16.1. The number of carbonyl (C=O) groups excluding carboxylic acids is 1. The first-order valence-electron chi connectivity index (χ1n) is 6.49. The summed E-state index contributed by atoms with van der Waals surface area (Å²) in [6.45, 7) is 8.30. The standard InChI is InChI=1S/C13H26N2O/c1-8-6-5-7-12(9(8)2)15-13(16)10(3)11(4)14/h8-12H,5-7,14H2,1-4H3,(H,15,16). The van der Waals surface area contributed by atoms with Gasteiger partial charge in [0.1, 0.15) is 0 Å². The second kappa shape index (κ2) is 5.67. The molecule has 3 nitrogen and oxygen atoms in total. The molecule has 3 N–H and O–H groups in total. The van der Waals surface area contributed by atoms with Crippen LogP contribution in [0.15, 0.2) is 0 Å². The molecule has 1 aliphatic carbocycles. The van der Waals surface area contributed by atoms with E-state index in [9.17, 15) is 4.79 Å². The summed E-state index contributed by atoms with van der Waals surface area (Å²) in [6.07, 6.45) is 3.63. The van der Waals surface area contributed by atoms with Gasteiger partial charge in [0.05, 0.1) is 0 Å². The van der Waals surface area contributed by atoms with Crippen molar-refractivity contribution in [1.82, 2.24) is 5.32 Å². The monoisotopic (exact) mass is 226 g/mol. The first-order chi connectivity index (χ1) is 7.43. The van der Waals surface area contributed by atoms with Crippen LogP contribution in [-0.2, 0) is 4.79 Å². The van der Waals surface area contributed by atoms with Crippen molar-refractivity contribution in [3.63, 3.8) is 0 Å². The summed E-state index contributed by atoms with van der Waals surface area (Å²) in [6, 6.07) is 0.272. The van der Waals surface area contributed by atoms with Gasteiger partial charge in [0.15, 0.2) is 0 Å². The van der Waals surface area contributed by atoms with Crippen molar-refractivity contribution in [3.05, 3.63) is 0 Å². The predicted molar refractivity (Wildman–Crippen MR) is 66.9 cm³/mol. The van der Waals surface area contributed by atoms with E-state index < -0.39 is 0 Å². The second-order valence-electron chi connectivity index (χ2n) is 5.53. The van der Waals surface area contributed by atoms with Gasteiger partial charge in [-0.3, -0.25) is 4.79 Å². The van der Waals surface area contributed by atoms with Crippen molar-refractivity contribution in [2.24, 2.45) is 23.5 Å². The van der Waals surface area contributed by atoms with Crippen molar-refractivity contribution in [1.29, 1.82) is 0 Å². The average molecular weight is 226 g/mol. The van der Waals surface area contributed by atoms with Crippen LogP contribution >= 0.6 is 0 Å². The number of rotatable bonds is 3. The maximum atomic E-state index is 11.9. The van der Waals surface area contributed by atoms with E-state index in [0.717, 1.165) is 6.42 Å². The molecule has 3 heteroatoms. The third-order valence-electron chi connectivity index (χ3n) is 4.24. The number of amides is 1. The van der Waals surface area contributed by atoms with Crippen LogP contribution in [-0.4, -0.2) is 18.0 Å². The zero-order valence-corrected chi connectivity index (χ0v) is 11.0. The van der Waals surface area contributed by atoms with Gasteiger partial charge in [-0.15, -0.1) is 0 Å². The zero-order chi connectivity index (χ0) is 12.3. The van der Waals surface area contributed by atoms with E-state index in [1.54, 1.807) is 0 Å². The molecule has 1 fully saturated rings. The number of nitrogens with one attached hydrogen (secondary N) is 1. The molecule has 5 atom stereocenters. The lowest BCUT2D eigenvalue weighted by Crippen LogP contribution is -2.48. The quantitative estimate of drug-likeness (QED) is 0.772. The minimum atomic E-state index is -0.0931. The van der Waals surface area contributed by atoms with E-state index in [1.165, 1.54) is 12.8 Å². The van der Waals surface area contributed by atoms with Crippen molar-refractivity contribution in [2.75, 3.05) is 0 Å². The van der Waals surface area contributed by atoms with Gasteiger partial charge in [-0.1, -0.05) is 33.6 Å². The van der Waals surface area contributed by atoms with Crippen molar-refractivity contribution in [3.8, 4) is 0 Å². The Balaban J connectivity index is 2.50. The SMILES string of the molecule is CC(N)C(C)C(=O)NC1CCCC(C)C1C. The highest BCUT2D eigenvalue weighted by Crippen LogP contribution is 2.29. The van der Waals surface area contributed by atoms with Gasteiger partial charge in [0, 0.05) is 18.0 Å². The van der Waals surface area contributed by atoms with Crippen LogP contribution in [0.25, 0.3) is 0 Å². The van der Waals surface area contributed by atoms with Gasteiger partial charge in [0.2, 0.25) is 5.91 Å². The summed E-state index contributed by atoms with van der Waals surface area (Å²) >= 11 is 0. The van der Waals surface area contributed by atoms with Crippen LogP contribution < -0.4 is 11.1 Å². The fourth-order valence-corrected chi connectivity index (χ4v) is 2.34. The average Bonchev–Trinajstić information content (AvgIpc) is 2.23. The highest BCUT2D eigenvalue weighted by molar-refractivity contribution is 5.79. The zero-order valence-electron chi connectivity index (χ0n) is 11.0. The van der Waals surface area contributed by atoms with E-state index >= 15 is 0 Å². The third kappa shape index (κ3) is 3.21. The number of carbonyl (C=O) groups is 1. The third-order valence-corrected chi connectivity index (χ3v) is 4.24. The van der Waals surface area contributed by atoms with Crippen LogP contribution in [0.1, 0.15) is 47.0 Å². The number of nitrogens with two attached hydrogens (primary N) is 1. The lowest BCUT2D eigenvalue weighted by Gasteiger charge is -2.35. The summed E-state index contributed by atoms with van der Waals surface area (Å²) in [4.78, 5) is 11.9. The molecule has 94 valence electrons. The molecule has 5 unspecified atom stereocenters. The Morgan fingerprint density at radius 2 is 1.94 bits per heavy atom. The van der Waals surface area contributed by atoms with Crippen LogP contribution in [0.4, 0.5) is 0 Å². The number of hydrogen-bond acceptors (Lipinski definition) is 2. The van der Waals surface area contributed by atoms with Crippen LogP contribution in [0, 0.1) is 17.8 Å². The van der Waals surface area contributed by atoms with Crippen LogP contribution in [0.2, 0.25) is 0 Å². The molecule has 1 aliphatic rings. The molecule has 0 aromatic carbocycles. The number of hydrogen-bond donors (Lipinski definition) is 2. The summed E-state index contributed by atoms with van der Waals surface area (Å²) in [5, 5.41) is 3.16. The van der Waals surface area contributed by atoms with Crippen LogP contribution in [0.3, 0.4) is 0 Å². The molecule has 0 spiro atoms. The second-order valence-corrected chi connectivity index (χ2v) is 5.53. The van der Waals surface area contributed by atoms with Gasteiger partial charge in [0.25, 0.3) is 0 Å². The summed E-state index contributed by atoms with van der Waals surface area (Å²) < 4.78 is 0. The van der Waals surface area contributed by atoms with Crippen molar-refractivity contribution < 1.29 is 4.79 Å². The lowest BCUT2D eigenvalue weighted by molar-refractivity contribution is -0.126. The van der Waals surface area contributed by atoms with Gasteiger partial charge in [-0.25, -0.2) is 0 Å². The maximum Gasteiger partial charge on any atom is 0.224 e. The maximum absolute atomic E-state index is 11.9. The minimum absolute atomic E-state index is 0.0729. The minimum Gasteiger partial charge on any atom is -0.353 e. The van der Waals surface area contributed by atoms with Gasteiger partial charge in [-0.2, -0.15) is 0 Å². The van der Waals surface area contributed by atoms with E-state index in [2.05, 4.69) is 19.2 Å². The molecule has 1 rings (SSSR count). The predicted octanol–water partition coefficient (Wildman–Crippen LogP) is 1.91. The Bertz CT molecular complexity index is 240. The molecule has 0 radical (unpaired) electrons. The summed E-state index contributed by atoms with van der Waals surface area (Å²) in [7, 11) is 0. The first-order valence-corrected chi connectivity index (χ1v) is 6.49. The molecule has 0 bridgehead atoms. The summed E-state index contributed by atoms with van der Waals surface area (Å²) in [5.41, 5.74) is 5.74. The molecule has 0 aromatic heterocycles. The van der Waals surface area contributed by atoms with E-state index in [1.807, 2.05) is 13.8 Å². The molecule has 1 saturated carbocycles. The molecular formula is C13H26N2O. The van der Waals surface area contributed by atoms with E-state index in [4.69, 9.17) is 5.73 Å². The van der Waals surface area contributed by atoms with E-state index in [0.29, 0.717) is 17.9 Å². The molecular weight excluding hydrogens is 200 g/mol. The molecule has 0 aliphatic heterocycles. The molecule has 0 saturated heterocycles. The van der Waals surface area contributed by atoms with Crippen LogP contribution in [0.5, 0.6) is 0 Å². The Hall–Kier alpha value is -0.570. The smallest absolute Gasteiger partial charge is 0.224 e. The topological polar surface area (TPSA) is 55.1 Å². The fraction of sp³-hybridized carbons (Fsp3) is 0.923. The van der Waals surface area contributed by atoms with Crippen molar-refractivity contribution in [2.45, 2.75) is 59.0 Å². The lowest BCUT2D eigenvalue weighted by atomic mass is 9.78. The Morgan fingerprint density at radius 1 is 1.31 bits per heavy atom. The summed E-state index contributed by atoms with van der Waals surface area (Å²) in [5.74, 6) is 1.31. The fourth-order valence-electron chi connectivity index (χ4n) is 2.34. The molecule has 1 amide bonds. The first kappa shape index (κ1) is 13.5.